The predicted molar refractivity (Wildman–Crippen MR) is 87.5 cm³/mol. The number of aryl methyl sites for hydroxylation is 1. The van der Waals surface area contributed by atoms with Crippen LogP contribution >= 0.6 is 0 Å². The molecule has 1 atom stereocenters. The van der Waals surface area contributed by atoms with Crippen LogP contribution < -0.4 is 10.6 Å². The van der Waals surface area contributed by atoms with E-state index in [0.29, 0.717) is 5.92 Å². The van der Waals surface area contributed by atoms with Crippen LogP contribution in [0.15, 0.2) is 12.4 Å². The summed E-state index contributed by atoms with van der Waals surface area (Å²) in [6, 6.07) is 2.15. The zero-order valence-electron chi connectivity index (χ0n) is 13.5. The molecule has 0 saturated carbocycles. The first-order valence-corrected chi connectivity index (χ1v) is 8.21. The number of rotatable bonds is 6. The highest BCUT2D eigenvalue weighted by Crippen LogP contribution is 2.15. The Morgan fingerprint density at radius 2 is 2.10 bits per heavy atom. The van der Waals surface area contributed by atoms with Crippen molar-refractivity contribution in [3.63, 3.8) is 0 Å². The minimum atomic E-state index is 0.576. The highest BCUT2D eigenvalue weighted by Gasteiger charge is 2.17. The fourth-order valence-corrected chi connectivity index (χ4v) is 2.85. The molecule has 1 fully saturated rings. The number of nitrogens with zero attached hydrogens (tertiary/aromatic N) is 4. The Labute approximate surface area is 128 Å². The third-order valence-electron chi connectivity index (χ3n) is 4.10. The van der Waals surface area contributed by atoms with Crippen LogP contribution in [0.3, 0.4) is 0 Å². The number of hydrogen-bond acceptors (Lipinski definition) is 5. The van der Waals surface area contributed by atoms with Gasteiger partial charge in [0, 0.05) is 37.9 Å². The van der Waals surface area contributed by atoms with E-state index in [4.69, 9.17) is 5.73 Å². The minimum absolute atomic E-state index is 0.576. The van der Waals surface area contributed by atoms with Gasteiger partial charge in [0.05, 0.1) is 0 Å². The van der Waals surface area contributed by atoms with Crippen molar-refractivity contribution in [1.82, 2.24) is 14.9 Å². The maximum absolute atomic E-state index is 5.74. The lowest BCUT2D eigenvalue weighted by atomic mass is 10.1. The molecule has 2 heterocycles. The van der Waals surface area contributed by atoms with Crippen LogP contribution in [0.4, 0.5) is 5.82 Å². The van der Waals surface area contributed by atoms with Crippen LogP contribution in [0.2, 0.25) is 0 Å². The van der Waals surface area contributed by atoms with Crippen molar-refractivity contribution in [2.24, 2.45) is 11.7 Å². The first-order valence-electron chi connectivity index (χ1n) is 8.21. The molecule has 0 bridgehead atoms. The molecular weight excluding hydrogens is 262 g/mol. The summed E-state index contributed by atoms with van der Waals surface area (Å²) in [6.45, 7) is 10.7. The van der Waals surface area contributed by atoms with Gasteiger partial charge in [0.1, 0.15) is 12.1 Å². The summed E-state index contributed by atoms with van der Waals surface area (Å²) in [4.78, 5) is 13.7. The Morgan fingerprint density at radius 1 is 1.24 bits per heavy atom. The fraction of sp³-hybridized carbons (Fsp3) is 0.750. The van der Waals surface area contributed by atoms with Gasteiger partial charge in [-0.2, -0.15) is 0 Å². The van der Waals surface area contributed by atoms with Gasteiger partial charge in [-0.15, -0.1) is 0 Å². The fourth-order valence-electron chi connectivity index (χ4n) is 2.85. The van der Waals surface area contributed by atoms with E-state index in [1.54, 1.807) is 6.33 Å². The third kappa shape index (κ3) is 4.93. The van der Waals surface area contributed by atoms with Crippen LogP contribution in [-0.2, 0) is 6.42 Å². The van der Waals surface area contributed by atoms with Crippen molar-refractivity contribution < 1.29 is 0 Å². The summed E-state index contributed by atoms with van der Waals surface area (Å²) in [5.74, 6) is 1.66. The molecule has 1 aromatic heterocycles. The van der Waals surface area contributed by atoms with Crippen LogP contribution in [0.5, 0.6) is 0 Å². The van der Waals surface area contributed by atoms with Crippen LogP contribution in [-0.4, -0.2) is 54.1 Å². The second kappa shape index (κ2) is 8.29. The summed E-state index contributed by atoms with van der Waals surface area (Å²) in [5.41, 5.74) is 6.89. The maximum atomic E-state index is 5.74. The molecule has 0 amide bonds. The molecule has 0 aromatic carbocycles. The largest absolute Gasteiger partial charge is 0.355 e. The van der Waals surface area contributed by atoms with E-state index >= 15 is 0 Å². The lowest BCUT2D eigenvalue weighted by Crippen LogP contribution is -2.35. The van der Waals surface area contributed by atoms with Gasteiger partial charge >= 0.3 is 0 Å². The smallest absolute Gasteiger partial charge is 0.132 e. The number of nitrogens with two attached hydrogens (primary N) is 1. The van der Waals surface area contributed by atoms with E-state index in [1.807, 2.05) is 0 Å². The van der Waals surface area contributed by atoms with Gasteiger partial charge in [-0.05, 0) is 31.8 Å². The van der Waals surface area contributed by atoms with Crippen molar-refractivity contribution >= 4 is 5.82 Å². The summed E-state index contributed by atoms with van der Waals surface area (Å²) in [5, 5.41) is 0. The summed E-state index contributed by atoms with van der Waals surface area (Å²) in [7, 11) is 0. The molecule has 0 spiro atoms. The van der Waals surface area contributed by atoms with E-state index in [0.717, 1.165) is 63.6 Å². The highest BCUT2D eigenvalue weighted by molar-refractivity contribution is 5.39. The SMILES string of the molecule is CCCc1cc(N2CCCN(CC(C)CN)CC2)ncn1. The molecule has 5 heteroatoms. The van der Waals surface area contributed by atoms with E-state index in [1.165, 1.54) is 6.42 Å². The van der Waals surface area contributed by atoms with Crippen molar-refractivity contribution in [1.29, 1.82) is 0 Å². The molecule has 21 heavy (non-hydrogen) atoms. The van der Waals surface area contributed by atoms with E-state index < -0.39 is 0 Å². The number of hydrogen-bond donors (Lipinski definition) is 1. The first-order chi connectivity index (χ1) is 10.2. The Kier molecular flexibility index (Phi) is 6.39. The molecule has 2 rings (SSSR count). The Hall–Kier alpha value is -1.20. The van der Waals surface area contributed by atoms with Crippen molar-refractivity contribution in [3.8, 4) is 0 Å². The third-order valence-corrected chi connectivity index (χ3v) is 4.10. The van der Waals surface area contributed by atoms with E-state index in [-0.39, 0.29) is 0 Å². The predicted octanol–water partition coefficient (Wildman–Crippen LogP) is 1.54. The summed E-state index contributed by atoms with van der Waals surface area (Å²) < 4.78 is 0. The van der Waals surface area contributed by atoms with Gasteiger partial charge in [-0.3, -0.25) is 0 Å². The zero-order chi connectivity index (χ0) is 15.1. The molecule has 5 nitrogen and oxygen atoms in total. The van der Waals surface area contributed by atoms with Gasteiger partial charge in [-0.25, -0.2) is 9.97 Å². The zero-order valence-corrected chi connectivity index (χ0v) is 13.5. The highest BCUT2D eigenvalue weighted by atomic mass is 15.2. The minimum Gasteiger partial charge on any atom is -0.355 e. The van der Waals surface area contributed by atoms with Crippen LogP contribution in [0.25, 0.3) is 0 Å². The lowest BCUT2D eigenvalue weighted by Gasteiger charge is -2.24. The van der Waals surface area contributed by atoms with Crippen molar-refractivity contribution in [2.45, 2.75) is 33.1 Å². The molecule has 118 valence electrons. The molecule has 2 N–H and O–H groups in total. The summed E-state index contributed by atoms with van der Waals surface area (Å²) in [6.07, 6.45) is 5.05. The van der Waals surface area contributed by atoms with Crippen LogP contribution in [0.1, 0.15) is 32.4 Å². The second-order valence-electron chi connectivity index (χ2n) is 6.10. The molecule has 1 aliphatic rings. The van der Waals surface area contributed by atoms with Gasteiger partial charge in [0.2, 0.25) is 0 Å². The number of aromatic nitrogens is 2. The first kappa shape index (κ1) is 16.2. The molecule has 0 aliphatic carbocycles. The average molecular weight is 291 g/mol. The van der Waals surface area contributed by atoms with Gasteiger partial charge in [0.25, 0.3) is 0 Å². The standard InChI is InChI=1S/C16H29N5/c1-3-5-15-10-16(19-13-18-15)21-7-4-6-20(8-9-21)12-14(2)11-17/h10,13-14H,3-9,11-12,17H2,1-2H3. The topological polar surface area (TPSA) is 58.3 Å². The van der Waals surface area contributed by atoms with E-state index in [2.05, 4.69) is 39.7 Å². The van der Waals surface area contributed by atoms with E-state index in [9.17, 15) is 0 Å². The Balaban J connectivity index is 1.94. The molecule has 1 unspecified atom stereocenters. The molecular formula is C16H29N5. The quantitative estimate of drug-likeness (QED) is 0.861. The maximum Gasteiger partial charge on any atom is 0.132 e. The summed E-state index contributed by atoms with van der Waals surface area (Å²) >= 11 is 0. The Morgan fingerprint density at radius 3 is 2.86 bits per heavy atom. The van der Waals surface area contributed by atoms with Crippen molar-refractivity contribution in [3.05, 3.63) is 18.1 Å². The van der Waals surface area contributed by atoms with Crippen molar-refractivity contribution in [2.75, 3.05) is 44.2 Å². The monoisotopic (exact) mass is 291 g/mol. The molecule has 1 saturated heterocycles. The van der Waals surface area contributed by atoms with Gasteiger partial charge in [-0.1, -0.05) is 20.3 Å². The van der Waals surface area contributed by atoms with Gasteiger partial charge in [0.15, 0.2) is 0 Å². The Bertz CT molecular complexity index is 423. The molecule has 0 radical (unpaired) electrons. The normalized spacial score (nSPS) is 18.5. The average Bonchev–Trinajstić information content (AvgIpc) is 2.73. The van der Waals surface area contributed by atoms with Gasteiger partial charge < -0.3 is 15.5 Å². The number of anilines is 1. The molecule has 1 aliphatic heterocycles. The van der Waals surface area contributed by atoms with Crippen LogP contribution in [0, 0.1) is 5.92 Å². The lowest BCUT2D eigenvalue weighted by molar-refractivity contribution is 0.255. The second-order valence-corrected chi connectivity index (χ2v) is 6.10. The molecule has 1 aromatic rings.